The van der Waals surface area contributed by atoms with Crippen molar-refractivity contribution in [3.05, 3.63) is 40.1 Å². The van der Waals surface area contributed by atoms with Gasteiger partial charge >= 0.3 is 0 Å². The number of rotatable bonds is 4. The highest BCUT2D eigenvalue weighted by molar-refractivity contribution is 8.07. The van der Waals surface area contributed by atoms with Crippen molar-refractivity contribution < 1.29 is 9.59 Å². The molecular weight excluding hydrogens is 266 g/mol. The number of thioether (sulfide) groups is 2. The highest BCUT2D eigenvalue weighted by Gasteiger charge is 2.38. The molecule has 0 saturated heterocycles. The van der Waals surface area contributed by atoms with E-state index in [9.17, 15) is 9.59 Å². The van der Waals surface area contributed by atoms with Crippen molar-refractivity contribution in [2.24, 2.45) is 0 Å². The van der Waals surface area contributed by atoms with Gasteiger partial charge in [0.2, 0.25) is 0 Å². The number of carbonyl (C=O) groups excluding carboxylic acids is 2. The average molecular weight is 279 g/mol. The number of nitrogens with zero attached hydrogens (tertiary/aromatic N) is 1. The van der Waals surface area contributed by atoms with Crippen LogP contribution in [0.3, 0.4) is 0 Å². The normalized spacial score (nSPS) is 15.8. The minimum absolute atomic E-state index is 0.206. The number of carbonyl (C=O) groups is 2. The van der Waals surface area contributed by atoms with Gasteiger partial charge in [0.15, 0.2) is 0 Å². The Bertz CT molecular complexity index is 511. The summed E-state index contributed by atoms with van der Waals surface area (Å²) in [7, 11) is 0. The Labute approximate surface area is 115 Å². The third-order valence-corrected chi connectivity index (χ3v) is 4.38. The van der Waals surface area contributed by atoms with Gasteiger partial charge in [0.05, 0.1) is 15.5 Å². The summed E-state index contributed by atoms with van der Waals surface area (Å²) in [5.41, 5.74) is 0.630. The molecule has 0 atom stereocenters. The van der Waals surface area contributed by atoms with Crippen LogP contribution in [0.4, 0.5) is 5.69 Å². The van der Waals surface area contributed by atoms with Gasteiger partial charge in [-0.25, -0.2) is 4.90 Å². The molecule has 0 saturated carbocycles. The van der Waals surface area contributed by atoms with Crippen molar-refractivity contribution >= 4 is 41.0 Å². The second-order valence-corrected chi connectivity index (χ2v) is 5.67. The summed E-state index contributed by atoms with van der Waals surface area (Å²) in [6, 6.07) is 9.04. The minimum atomic E-state index is -0.213. The Balaban J connectivity index is 2.39. The zero-order valence-corrected chi connectivity index (χ0v) is 11.8. The van der Waals surface area contributed by atoms with E-state index in [1.165, 1.54) is 28.4 Å². The van der Waals surface area contributed by atoms with Crippen molar-refractivity contribution in [3.63, 3.8) is 0 Å². The Morgan fingerprint density at radius 1 is 1.06 bits per heavy atom. The van der Waals surface area contributed by atoms with E-state index < -0.39 is 0 Å². The summed E-state index contributed by atoms with van der Waals surface area (Å²) in [4.78, 5) is 26.9. The van der Waals surface area contributed by atoms with E-state index >= 15 is 0 Å². The Kier molecular flexibility index (Phi) is 4.14. The molecule has 1 aromatic carbocycles. The van der Waals surface area contributed by atoms with Gasteiger partial charge in [-0.2, -0.15) is 0 Å². The first-order valence-electron chi connectivity index (χ1n) is 5.55. The van der Waals surface area contributed by atoms with Crippen LogP contribution in [0.2, 0.25) is 0 Å². The third kappa shape index (κ3) is 2.20. The number of amides is 2. The van der Waals surface area contributed by atoms with Crippen LogP contribution in [-0.4, -0.2) is 23.8 Å². The predicted octanol–water partition coefficient (Wildman–Crippen LogP) is 2.89. The Hall–Kier alpha value is -1.20. The molecule has 1 aromatic rings. The van der Waals surface area contributed by atoms with Gasteiger partial charge in [-0.05, 0) is 24.1 Å². The maximum absolute atomic E-state index is 12.3. The lowest BCUT2D eigenvalue weighted by Crippen LogP contribution is -2.31. The molecule has 18 heavy (non-hydrogen) atoms. The average Bonchev–Trinajstić information content (AvgIpc) is 2.62. The molecular formula is C13H13NO2S2. The van der Waals surface area contributed by atoms with Gasteiger partial charge in [-0.15, -0.1) is 23.5 Å². The lowest BCUT2D eigenvalue weighted by molar-refractivity contribution is -0.120. The Morgan fingerprint density at radius 3 is 2.22 bits per heavy atom. The van der Waals surface area contributed by atoms with Gasteiger partial charge in [-0.1, -0.05) is 25.1 Å². The summed E-state index contributed by atoms with van der Waals surface area (Å²) < 4.78 is 0. The minimum Gasteiger partial charge on any atom is -0.268 e. The molecule has 3 nitrogen and oxygen atoms in total. The van der Waals surface area contributed by atoms with Gasteiger partial charge < -0.3 is 0 Å². The van der Waals surface area contributed by atoms with Crippen molar-refractivity contribution in [2.45, 2.75) is 6.92 Å². The van der Waals surface area contributed by atoms with E-state index in [4.69, 9.17) is 0 Å². The molecule has 1 heterocycles. The van der Waals surface area contributed by atoms with Crippen molar-refractivity contribution in [3.8, 4) is 0 Å². The molecule has 0 aliphatic carbocycles. The maximum atomic E-state index is 12.3. The summed E-state index contributed by atoms with van der Waals surface area (Å²) in [6.07, 6.45) is 1.82. The smallest absolute Gasteiger partial charge is 0.268 e. The van der Waals surface area contributed by atoms with Gasteiger partial charge in [0, 0.05) is 0 Å². The van der Waals surface area contributed by atoms with Crippen molar-refractivity contribution in [1.29, 1.82) is 0 Å². The Morgan fingerprint density at radius 2 is 1.67 bits per heavy atom. The molecule has 5 heteroatoms. The van der Waals surface area contributed by atoms with Crippen LogP contribution in [0.5, 0.6) is 0 Å². The number of imide groups is 1. The largest absolute Gasteiger partial charge is 0.273 e. The monoisotopic (exact) mass is 279 g/mol. The maximum Gasteiger partial charge on any atom is 0.273 e. The lowest BCUT2D eigenvalue weighted by Gasteiger charge is -2.14. The van der Waals surface area contributed by atoms with Crippen LogP contribution in [-0.2, 0) is 9.59 Å². The van der Waals surface area contributed by atoms with Crippen LogP contribution in [0, 0.1) is 0 Å². The first-order valence-corrected chi connectivity index (χ1v) is 7.76. The molecule has 0 fully saturated rings. The van der Waals surface area contributed by atoms with Gasteiger partial charge in [0.1, 0.15) is 0 Å². The first-order chi connectivity index (χ1) is 8.70. The molecule has 0 unspecified atom stereocenters. The van der Waals surface area contributed by atoms with E-state index in [0.29, 0.717) is 15.5 Å². The third-order valence-electron chi connectivity index (χ3n) is 2.51. The fourth-order valence-electron chi connectivity index (χ4n) is 1.75. The molecule has 0 radical (unpaired) electrons. The van der Waals surface area contributed by atoms with Crippen molar-refractivity contribution in [1.82, 2.24) is 0 Å². The summed E-state index contributed by atoms with van der Waals surface area (Å²) in [5, 5.41) is 0. The fourth-order valence-corrected chi connectivity index (χ4v) is 3.44. The van der Waals surface area contributed by atoms with E-state index in [1.807, 2.05) is 31.4 Å². The molecule has 94 valence electrons. The predicted molar refractivity (Wildman–Crippen MR) is 77.6 cm³/mol. The molecule has 0 bridgehead atoms. The quantitative estimate of drug-likeness (QED) is 0.794. The van der Waals surface area contributed by atoms with Crippen LogP contribution in [0.15, 0.2) is 40.1 Å². The zero-order chi connectivity index (χ0) is 13.1. The topological polar surface area (TPSA) is 37.4 Å². The standard InChI is InChI=1S/C13H13NO2S2/c1-3-18-11-10(17-2)12(15)14(13(11)16)9-7-5-4-6-8-9/h4-8H,3H2,1-2H3. The van der Waals surface area contributed by atoms with E-state index in [-0.39, 0.29) is 11.8 Å². The summed E-state index contributed by atoms with van der Waals surface area (Å²) >= 11 is 2.77. The highest BCUT2D eigenvalue weighted by atomic mass is 32.2. The van der Waals surface area contributed by atoms with Crippen LogP contribution >= 0.6 is 23.5 Å². The molecule has 0 spiro atoms. The number of hydrogen-bond donors (Lipinski definition) is 0. The number of hydrogen-bond acceptors (Lipinski definition) is 4. The molecule has 1 aliphatic heterocycles. The lowest BCUT2D eigenvalue weighted by atomic mass is 10.3. The van der Waals surface area contributed by atoms with E-state index in [1.54, 1.807) is 12.1 Å². The zero-order valence-electron chi connectivity index (χ0n) is 10.2. The van der Waals surface area contributed by atoms with Crippen molar-refractivity contribution in [2.75, 3.05) is 16.9 Å². The first kappa shape index (κ1) is 13.2. The number of benzene rings is 1. The highest BCUT2D eigenvalue weighted by Crippen LogP contribution is 2.37. The SMILES string of the molecule is CCSC1=C(SC)C(=O)N(c2ccccc2)C1=O. The van der Waals surface area contributed by atoms with E-state index in [2.05, 4.69) is 0 Å². The van der Waals surface area contributed by atoms with Crippen LogP contribution < -0.4 is 4.90 Å². The van der Waals surface area contributed by atoms with Gasteiger partial charge in [0.25, 0.3) is 11.8 Å². The van der Waals surface area contributed by atoms with Crippen LogP contribution in [0.1, 0.15) is 6.92 Å². The molecule has 2 rings (SSSR count). The molecule has 1 aliphatic rings. The van der Waals surface area contributed by atoms with Gasteiger partial charge in [-0.3, -0.25) is 9.59 Å². The fraction of sp³-hybridized carbons (Fsp3) is 0.231. The molecule has 0 aromatic heterocycles. The summed E-state index contributed by atoms with van der Waals surface area (Å²) in [6.45, 7) is 1.97. The summed E-state index contributed by atoms with van der Waals surface area (Å²) in [5.74, 6) is 0.359. The van der Waals surface area contributed by atoms with E-state index in [0.717, 1.165) is 5.75 Å². The molecule has 2 amide bonds. The second kappa shape index (κ2) is 5.63. The molecule has 0 N–H and O–H groups in total. The number of anilines is 1. The second-order valence-electron chi connectivity index (χ2n) is 3.58. The number of para-hydroxylation sites is 1. The van der Waals surface area contributed by atoms with Crippen LogP contribution in [0.25, 0.3) is 0 Å².